The van der Waals surface area contributed by atoms with Gasteiger partial charge in [-0.3, -0.25) is 20.0 Å². The molecule has 150 valence electrons. The number of nitrogens with zero attached hydrogens (tertiary/aromatic N) is 5. The Hall–Kier alpha value is -4.19. The summed E-state index contributed by atoms with van der Waals surface area (Å²) >= 11 is 4.85. The third-order valence-electron chi connectivity index (χ3n) is 4.18. The number of benzene rings is 2. The van der Waals surface area contributed by atoms with E-state index in [9.17, 15) is 14.9 Å². The van der Waals surface area contributed by atoms with Crippen molar-refractivity contribution in [2.24, 2.45) is 10.2 Å². The maximum atomic E-state index is 12.7. The van der Waals surface area contributed by atoms with Gasteiger partial charge in [0, 0.05) is 17.7 Å². The molecule has 2 aromatic heterocycles. The van der Waals surface area contributed by atoms with Gasteiger partial charge >= 0.3 is 0 Å². The number of hydrogen-bond donors (Lipinski definition) is 2. The number of azo groups is 1. The Morgan fingerprint density at radius 2 is 1.83 bits per heavy atom. The third kappa shape index (κ3) is 3.71. The second kappa shape index (κ2) is 7.67. The highest BCUT2D eigenvalue weighted by Gasteiger charge is 2.13. The summed E-state index contributed by atoms with van der Waals surface area (Å²) in [6, 6.07) is 12.5. The molecule has 4 rings (SSSR count). The van der Waals surface area contributed by atoms with Gasteiger partial charge in [-0.2, -0.15) is 5.11 Å². The van der Waals surface area contributed by atoms with Crippen molar-refractivity contribution >= 4 is 29.3 Å². The van der Waals surface area contributed by atoms with Crippen LogP contribution in [-0.2, 0) is 0 Å². The van der Waals surface area contributed by atoms with Crippen molar-refractivity contribution in [1.29, 1.82) is 0 Å². The lowest BCUT2D eigenvalue weighted by atomic mass is 10.2. The van der Waals surface area contributed by atoms with Crippen molar-refractivity contribution in [3.8, 4) is 17.1 Å². The fourth-order valence-corrected chi connectivity index (χ4v) is 2.82. The molecule has 11 nitrogen and oxygen atoms in total. The number of nitro benzene ring substituents is 1. The molecule has 0 spiro atoms. The van der Waals surface area contributed by atoms with Crippen LogP contribution >= 0.6 is 12.2 Å². The first-order chi connectivity index (χ1) is 14.4. The SMILES string of the molecule is Cc1[nH]n(-c2ccc([N+](=O)[O-])cc2)c(=O)c1N=Nc1ccc(-c2n[nH]c(=S)o2)cc1. The smallest absolute Gasteiger partial charge is 0.299 e. The number of nitro groups is 1. The van der Waals surface area contributed by atoms with E-state index >= 15 is 0 Å². The van der Waals surface area contributed by atoms with E-state index in [0.29, 0.717) is 28.5 Å². The third-order valence-corrected chi connectivity index (χ3v) is 4.35. The summed E-state index contributed by atoms with van der Waals surface area (Å²) < 4.78 is 6.50. The Labute approximate surface area is 172 Å². The number of aryl methyl sites for hydroxylation is 1. The van der Waals surface area contributed by atoms with Crippen LogP contribution in [0.4, 0.5) is 17.1 Å². The fourth-order valence-electron chi connectivity index (χ4n) is 2.69. The van der Waals surface area contributed by atoms with Gasteiger partial charge in [-0.15, -0.1) is 10.2 Å². The molecule has 2 N–H and O–H groups in total. The minimum absolute atomic E-state index is 0.0648. The van der Waals surface area contributed by atoms with Crippen molar-refractivity contribution in [2.75, 3.05) is 0 Å². The highest BCUT2D eigenvalue weighted by Crippen LogP contribution is 2.23. The van der Waals surface area contributed by atoms with E-state index in [0.717, 1.165) is 0 Å². The minimum atomic E-state index is -0.506. The Bertz CT molecular complexity index is 1360. The molecule has 0 radical (unpaired) electrons. The monoisotopic (exact) mass is 423 g/mol. The average Bonchev–Trinajstić information content (AvgIpc) is 3.30. The Kier molecular flexibility index (Phi) is 4.90. The normalized spacial score (nSPS) is 11.2. The average molecular weight is 423 g/mol. The van der Waals surface area contributed by atoms with Gasteiger partial charge in [0.2, 0.25) is 5.89 Å². The molecule has 12 heteroatoms. The summed E-state index contributed by atoms with van der Waals surface area (Å²) in [7, 11) is 0. The van der Waals surface area contributed by atoms with Gasteiger partial charge in [-0.05, 0) is 55.5 Å². The van der Waals surface area contributed by atoms with Crippen LogP contribution in [-0.4, -0.2) is 24.9 Å². The second-order valence-corrected chi connectivity index (χ2v) is 6.54. The molecule has 0 aliphatic carbocycles. The number of non-ortho nitro benzene ring substituents is 1. The minimum Gasteiger partial charge on any atom is -0.409 e. The zero-order valence-corrected chi connectivity index (χ0v) is 16.2. The molecule has 0 aliphatic heterocycles. The van der Waals surface area contributed by atoms with Crippen LogP contribution in [0.15, 0.2) is 68.0 Å². The molecule has 2 heterocycles. The molecule has 0 atom stereocenters. The lowest BCUT2D eigenvalue weighted by molar-refractivity contribution is -0.384. The Balaban J connectivity index is 1.59. The Morgan fingerprint density at radius 1 is 1.13 bits per heavy atom. The fraction of sp³-hybridized carbons (Fsp3) is 0.0556. The molecule has 0 bridgehead atoms. The summed E-state index contributed by atoms with van der Waals surface area (Å²) in [6.07, 6.45) is 0. The van der Waals surface area contributed by atoms with Gasteiger partial charge in [0.15, 0.2) is 5.69 Å². The van der Waals surface area contributed by atoms with Crippen LogP contribution in [0.2, 0.25) is 0 Å². The summed E-state index contributed by atoms with van der Waals surface area (Å²) in [5.74, 6) is 0.357. The van der Waals surface area contributed by atoms with E-state index < -0.39 is 10.5 Å². The molecule has 4 aromatic rings. The predicted molar refractivity (Wildman–Crippen MR) is 109 cm³/mol. The molecule has 0 saturated carbocycles. The van der Waals surface area contributed by atoms with E-state index in [4.69, 9.17) is 16.6 Å². The first-order valence-electron chi connectivity index (χ1n) is 8.56. The number of aromatic nitrogens is 4. The van der Waals surface area contributed by atoms with E-state index in [1.807, 2.05) is 0 Å². The highest BCUT2D eigenvalue weighted by atomic mass is 32.1. The maximum absolute atomic E-state index is 12.7. The molecular formula is C18H13N7O4S. The van der Waals surface area contributed by atoms with Crippen molar-refractivity contribution < 1.29 is 9.34 Å². The van der Waals surface area contributed by atoms with E-state index in [1.165, 1.54) is 28.9 Å². The molecule has 2 aromatic carbocycles. The molecular weight excluding hydrogens is 410 g/mol. The first kappa shape index (κ1) is 19.1. The van der Waals surface area contributed by atoms with Crippen LogP contribution < -0.4 is 5.56 Å². The summed E-state index contributed by atoms with van der Waals surface area (Å²) in [5, 5.41) is 28.3. The van der Waals surface area contributed by atoms with Crippen molar-refractivity contribution in [3.63, 3.8) is 0 Å². The number of rotatable bonds is 5. The number of aromatic amines is 2. The van der Waals surface area contributed by atoms with Crippen molar-refractivity contribution in [3.05, 3.63) is 79.5 Å². The second-order valence-electron chi connectivity index (χ2n) is 6.16. The first-order valence-corrected chi connectivity index (χ1v) is 8.97. The predicted octanol–water partition coefficient (Wildman–Crippen LogP) is 4.51. The highest BCUT2D eigenvalue weighted by molar-refractivity contribution is 7.71. The van der Waals surface area contributed by atoms with Crippen LogP contribution in [0.1, 0.15) is 5.69 Å². The molecule has 30 heavy (non-hydrogen) atoms. The van der Waals surface area contributed by atoms with Crippen molar-refractivity contribution in [1.82, 2.24) is 20.0 Å². The van der Waals surface area contributed by atoms with Gasteiger partial charge < -0.3 is 4.42 Å². The summed E-state index contributed by atoms with van der Waals surface area (Å²) in [6.45, 7) is 1.69. The maximum Gasteiger partial charge on any atom is 0.299 e. The van der Waals surface area contributed by atoms with Crippen LogP contribution in [0.5, 0.6) is 0 Å². The quantitative estimate of drug-likeness (QED) is 0.209. The lowest BCUT2D eigenvalue weighted by Crippen LogP contribution is -2.13. The summed E-state index contributed by atoms with van der Waals surface area (Å²) in [5.41, 5.74) is 1.83. The number of nitrogens with one attached hydrogen (secondary N) is 2. The van der Waals surface area contributed by atoms with Crippen LogP contribution in [0, 0.1) is 21.9 Å². The zero-order chi connectivity index (χ0) is 21.3. The standard InChI is InChI=1S/C18H13N7O4S/c1-10-15(17(26)24(23-10)13-6-8-14(9-7-13)25(27)28)20-19-12-4-2-11(3-5-12)16-21-22-18(30)29-16/h2-9,23H,1H3,(H,22,30). The van der Waals surface area contributed by atoms with Crippen LogP contribution in [0.3, 0.4) is 0 Å². The summed E-state index contributed by atoms with van der Waals surface area (Å²) in [4.78, 5) is 23.1. The molecule has 0 aliphatic rings. The van der Waals surface area contributed by atoms with Gasteiger partial charge in [-0.25, -0.2) is 9.78 Å². The zero-order valence-electron chi connectivity index (χ0n) is 15.4. The molecule has 0 saturated heterocycles. The van der Waals surface area contributed by atoms with E-state index in [-0.39, 0.29) is 16.2 Å². The van der Waals surface area contributed by atoms with E-state index in [2.05, 4.69) is 25.5 Å². The largest absolute Gasteiger partial charge is 0.409 e. The van der Waals surface area contributed by atoms with Crippen molar-refractivity contribution in [2.45, 2.75) is 6.92 Å². The molecule has 0 fully saturated rings. The topological polar surface area (TPSA) is 147 Å². The lowest BCUT2D eigenvalue weighted by Gasteiger charge is -2.00. The van der Waals surface area contributed by atoms with E-state index in [1.54, 1.807) is 31.2 Å². The van der Waals surface area contributed by atoms with Gasteiger partial charge in [0.05, 0.1) is 22.0 Å². The van der Waals surface area contributed by atoms with Crippen LogP contribution in [0.25, 0.3) is 17.1 Å². The number of H-pyrrole nitrogens is 2. The van der Waals surface area contributed by atoms with Gasteiger partial charge in [0.1, 0.15) is 0 Å². The number of hydrogen-bond acceptors (Lipinski definition) is 8. The molecule has 0 unspecified atom stereocenters. The Morgan fingerprint density at radius 3 is 2.43 bits per heavy atom. The molecule has 0 amide bonds. The van der Waals surface area contributed by atoms with Gasteiger partial charge in [-0.1, -0.05) is 0 Å². The van der Waals surface area contributed by atoms with Gasteiger partial charge in [0.25, 0.3) is 16.1 Å².